The van der Waals surface area contributed by atoms with Crippen molar-refractivity contribution in [1.82, 2.24) is 4.90 Å². The first kappa shape index (κ1) is 31.8. The second-order valence-electron chi connectivity index (χ2n) is 11.8. The van der Waals surface area contributed by atoms with Crippen molar-refractivity contribution >= 4 is 5.97 Å². The maximum Gasteiger partial charge on any atom is 0.313 e. The Labute approximate surface area is 241 Å². The first-order chi connectivity index (χ1) is 19.2. The largest absolute Gasteiger partial charge is 0.481 e. The highest BCUT2D eigenvalue weighted by atomic mass is 16.4. The molecule has 1 saturated heterocycles. The Morgan fingerprint density at radius 2 is 1.90 bits per heavy atom. The Morgan fingerprint density at radius 1 is 1.12 bits per heavy atom. The lowest BCUT2D eigenvalue weighted by Gasteiger charge is -2.36. The van der Waals surface area contributed by atoms with Crippen LogP contribution in [0.4, 0.5) is 0 Å². The van der Waals surface area contributed by atoms with E-state index in [0.29, 0.717) is 25.7 Å². The van der Waals surface area contributed by atoms with Crippen molar-refractivity contribution < 1.29 is 20.1 Å². The molecule has 3 unspecified atom stereocenters. The first-order valence-electron chi connectivity index (χ1n) is 14.9. The summed E-state index contributed by atoms with van der Waals surface area (Å²) in [6, 6.07) is 10.1. The van der Waals surface area contributed by atoms with Crippen LogP contribution < -0.4 is 0 Å². The maximum absolute atomic E-state index is 12.0. The van der Waals surface area contributed by atoms with Gasteiger partial charge in [0.15, 0.2) is 0 Å². The van der Waals surface area contributed by atoms with E-state index in [9.17, 15) is 20.1 Å². The Balaban J connectivity index is 1.54. The van der Waals surface area contributed by atoms with E-state index in [4.69, 9.17) is 0 Å². The second kappa shape index (κ2) is 15.3. The molecule has 1 aliphatic carbocycles. The molecule has 5 heteroatoms. The standard InChI is InChI=1S/C35H49NO4/c1-4-5-6-10-24-35(40,30-17-8-7-9-18-30)31-21-13-25-36(27-23-31)26-14-22-32(37)28-15-11-19-29(20-12-16-28)34(2,3)33(38)39/h4-11,15-18,20,31-32,37,40H,12-14,19,21-27H2,1-3H3,(H,38,39)/b5-4-,10-6-,15-11-,28-16?,29-20+. The Kier molecular flexibility index (Phi) is 12.2. The van der Waals surface area contributed by atoms with Crippen molar-refractivity contribution in [3.05, 3.63) is 95.6 Å². The van der Waals surface area contributed by atoms with Crippen molar-refractivity contribution in [2.75, 3.05) is 19.6 Å². The van der Waals surface area contributed by atoms with Gasteiger partial charge in [0.25, 0.3) is 0 Å². The van der Waals surface area contributed by atoms with E-state index in [1.165, 1.54) is 0 Å². The molecule has 0 spiro atoms. The van der Waals surface area contributed by atoms with Gasteiger partial charge >= 0.3 is 5.97 Å². The summed E-state index contributed by atoms with van der Waals surface area (Å²) in [6.45, 7) is 8.38. The summed E-state index contributed by atoms with van der Waals surface area (Å²) in [5, 5.41) is 32.4. The lowest BCUT2D eigenvalue weighted by molar-refractivity contribution is -0.144. The van der Waals surface area contributed by atoms with Crippen LogP contribution in [0.5, 0.6) is 0 Å². The van der Waals surface area contributed by atoms with E-state index in [2.05, 4.69) is 23.1 Å². The molecule has 40 heavy (non-hydrogen) atoms. The minimum Gasteiger partial charge on any atom is -0.481 e. The van der Waals surface area contributed by atoms with Gasteiger partial charge in [0.1, 0.15) is 0 Å². The van der Waals surface area contributed by atoms with Gasteiger partial charge in [0.2, 0.25) is 0 Å². The van der Waals surface area contributed by atoms with Crippen LogP contribution in [0.3, 0.4) is 0 Å². The summed E-state index contributed by atoms with van der Waals surface area (Å²) in [7, 11) is 0. The van der Waals surface area contributed by atoms with Gasteiger partial charge in [-0.25, -0.2) is 0 Å². The van der Waals surface area contributed by atoms with Gasteiger partial charge in [0.05, 0.1) is 17.1 Å². The number of aliphatic hydroxyl groups excluding tert-OH is 1. The van der Waals surface area contributed by atoms with E-state index in [0.717, 1.165) is 62.0 Å². The van der Waals surface area contributed by atoms with Gasteiger partial charge in [-0.05, 0) is 109 Å². The monoisotopic (exact) mass is 547 g/mol. The van der Waals surface area contributed by atoms with Gasteiger partial charge in [-0.15, -0.1) is 0 Å². The van der Waals surface area contributed by atoms with Gasteiger partial charge in [0, 0.05) is 0 Å². The van der Waals surface area contributed by atoms with Crippen LogP contribution >= 0.6 is 0 Å². The molecule has 3 rings (SSSR count). The molecule has 5 nitrogen and oxygen atoms in total. The molecule has 0 aromatic heterocycles. The predicted molar refractivity (Wildman–Crippen MR) is 164 cm³/mol. The van der Waals surface area contributed by atoms with E-state index in [1.54, 1.807) is 13.8 Å². The van der Waals surface area contributed by atoms with Crippen LogP contribution in [0, 0.1) is 11.3 Å². The maximum atomic E-state index is 12.0. The molecule has 3 N–H and O–H groups in total. The number of rotatable bonds is 12. The van der Waals surface area contributed by atoms with Crippen LogP contribution in [0.2, 0.25) is 0 Å². The van der Waals surface area contributed by atoms with Crippen molar-refractivity contribution in [2.45, 2.75) is 83.8 Å². The molecule has 2 aliphatic rings. The van der Waals surface area contributed by atoms with Crippen LogP contribution in [-0.2, 0) is 10.4 Å². The predicted octanol–water partition coefficient (Wildman–Crippen LogP) is 6.95. The number of allylic oxidation sites excluding steroid dienone is 6. The minimum absolute atomic E-state index is 0.190. The van der Waals surface area contributed by atoms with Crippen LogP contribution in [0.25, 0.3) is 0 Å². The third-order valence-electron chi connectivity index (χ3n) is 8.68. The summed E-state index contributed by atoms with van der Waals surface area (Å²) in [6.07, 6.45) is 21.9. The Morgan fingerprint density at radius 3 is 2.62 bits per heavy atom. The number of aliphatic carboxylic acids is 1. The van der Waals surface area contributed by atoms with Crippen LogP contribution in [-0.4, -0.2) is 51.9 Å². The number of carbonyl (C=O) groups is 1. The number of hydrogen-bond acceptors (Lipinski definition) is 4. The molecule has 218 valence electrons. The second-order valence-corrected chi connectivity index (χ2v) is 11.8. The summed E-state index contributed by atoms with van der Waals surface area (Å²) >= 11 is 0. The highest BCUT2D eigenvalue weighted by Gasteiger charge is 2.38. The number of likely N-dealkylation sites (tertiary alicyclic amines) is 1. The number of carboxylic acid groups (broad SMARTS) is 1. The third kappa shape index (κ3) is 8.63. The molecule has 0 bridgehead atoms. The molecular weight excluding hydrogens is 498 g/mol. The normalized spacial score (nSPS) is 23.9. The SMILES string of the molecule is C/C=C\C=C/CC(O)(c1ccccc1)C1CCCN(CCCC(O)C2=CC/C=C(/C(C)(C)C(=O)O)C/C=C\2)CC1. The molecule has 0 amide bonds. The van der Waals surface area contributed by atoms with Gasteiger partial charge in [-0.3, -0.25) is 4.79 Å². The smallest absolute Gasteiger partial charge is 0.313 e. The molecular formula is C35H49NO4. The number of hydrogen-bond donors (Lipinski definition) is 3. The fraction of sp³-hybridized carbons (Fsp3) is 0.514. The quantitative estimate of drug-likeness (QED) is 0.195. The van der Waals surface area contributed by atoms with Crippen molar-refractivity contribution in [1.29, 1.82) is 0 Å². The summed E-state index contributed by atoms with van der Waals surface area (Å²) in [5.41, 5.74) is 1.04. The van der Waals surface area contributed by atoms with Crippen molar-refractivity contribution in [3.63, 3.8) is 0 Å². The summed E-state index contributed by atoms with van der Waals surface area (Å²) in [5.74, 6) is -0.627. The average Bonchev–Trinajstić information content (AvgIpc) is 3.17. The summed E-state index contributed by atoms with van der Waals surface area (Å²) < 4.78 is 0. The van der Waals surface area contributed by atoms with Crippen molar-refractivity contribution in [2.24, 2.45) is 11.3 Å². The van der Waals surface area contributed by atoms with E-state index in [-0.39, 0.29) is 5.92 Å². The molecule has 1 aliphatic heterocycles. The molecule has 1 heterocycles. The van der Waals surface area contributed by atoms with E-state index < -0.39 is 23.1 Å². The number of carboxylic acids is 1. The number of nitrogens with zero attached hydrogens (tertiary/aromatic N) is 1. The van der Waals surface area contributed by atoms with Gasteiger partial charge in [-0.2, -0.15) is 0 Å². The van der Waals surface area contributed by atoms with Crippen LogP contribution in [0.15, 0.2) is 90.1 Å². The fourth-order valence-corrected chi connectivity index (χ4v) is 5.92. The van der Waals surface area contributed by atoms with E-state index in [1.807, 2.05) is 67.7 Å². The topological polar surface area (TPSA) is 81.0 Å². The Hall–Kier alpha value is -2.73. The highest BCUT2D eigenvalue weighted by Crippen LogP contribution is 2.40. The molecule has 1 fully saturated rings. The number of benzene rings is 1. The Bertz CT molecular complexity index is 1100. The first-order valence-corrected chi connectivity index (χ1v) is 14.9. The van der Waals surface area contributed by atoms with E-state index >= 15 is 0 Å². The molecule has 1 aromatic carbocycles. The lowest BCUT2D eigenvalue weighted by Crippen LogP contribution is -2.36. The highest BCUT2D eigenvalue weighted by molar-refractivity contribution is 5.77. The minimum atomic E-state index is -0.889. The molecule has 0 saturated carbocycles. The number of aliphatic hydroxyl groups is 2. The molecule has 1 aromatic rings. The molecule has 3 atom stereocenters. The fourth-order valence-electron chi connectivity index (χ4n) is 5.92. The van der Waals surface area contributed by atoms with Gasteiger partial charge in [-0.1, -0.05) is 84.5 Å². The van der Waals surface area contributed by atoms with Crippen molar-refractivity contribution in [3.8, 4) is 0 Å². The van der Waals surface area contributed by atoms with Crippen LogP contribution in [0.1, 0.15) is 77.7 Å². The summed E-state index contributed by atoms with van der Waals surface area (Å²) in [4.78, 5) is 14.1. The zero-order valence-electron chi connectivity index (χ0n) is 24.6. The zero-order valence-corrected chi connectivity index (χ0v) is 24.6. The third-order valence-corrected chi connectivity index (χ3v) is 8.68. The molecule has 0 radical (unpaired) electrons. The van der Waals surface area contributed by atoms with Gasteiger partial charge < -0.3 is 20.2 Å². The zero-order chi connectivity index (χ0) is 29.0. The average molecular weight is 548 g/mol. The lowest BCUT2D eigenvalue weighted by atomic mass is 9.75.